The Hall–Kier alpha value is -2.12. The van der Waals surface area contributed by atoms with Crippen LogP contribution in [0.3, 0.4) is 0 Å². The molecule has 0 aliphatic rings. The molecule has 0 aromatic heterocycles. The van der Waals surface area contributed by atoms with Crippen molar-refractivity contribution in [2.45, 2.75) is 18.1 Å². The Bertz CT molecular complexity index is 470. The Morgan fingerprint density at radius 2 is 1.78 bits per heavy atom. The fourth-order valence-electron chi connectivity index (χ4n) is 1.44. The van der Waals surface area contributed by atoms with Gasteiger partial charge in [-0.3, -0.25) is 0 Å². The highest BCUT2D eigenvalue weighted by atomic mass is 16.4. The Kier molecular flexibility index (Phi) is 3.89. The summed E-state index contributed by atoms with van der Waals surface area (Å²) in [5.41, 5.74) is -2.90. The molecule has 0 saturated carbocycles. The average molecular weight is 256 g/mol. The zero-order valence-corrected chi connectivity index (χ0v) is 9.15. The number of hydrogen-bond donors (Lipinski definition) is 5. The summed E-state index contributed by atoms with van der Waals surface area (Å²) >= 11 is 0. The Morgan fingerprint density at radius 1 is 1.22 bits per heavy atom. The summed E-state index contributed by atoms with van der Waals surface area (Å²) in [5, 5.41) is 45.9. The summed E-state index contributed by atoms with van der Waals surface area (Å²) in [6.07, 6.45) is -3.24. The minimum absolute atomic E-state index is 0.0164. The first kappa shape index (κ1) is 13.9. The lowest BCUT2D eigenvalue weighted by atomic mass is 9.88. The third-order valence-corrected chi connectivity index (χ3v) is 2.51. The van der Waals surface area contributed by atoms with E-state index in [0.29, 0.717) is 0 Å². The number of aliphatic hydroxyl groups is 2. The molecule has 5 N–H and O–H groups in total. The fourth-order valence-corrected chi connectivity index (χ4v) is 1.44. The Morgan fingerprint density at radius 3 is 2.22 bits per heavy atom. The van der Waals surface area contributed by atoms with Gasteiger partial charge in [-0.1, -0.05) is 18.2 Å². The molecule has 0 fully saturated rings. The van der Waals surface area contributed by atoms with Gasteiger partial charge in [0.15, 0.2) is 6.10 Å². The Balaban J connectivity index is 3.12. The van der Waals surface area contributed by atoms with Crippen molar-refractivity contribution >= 4 is 11.9 Å². The molecule has 2 atom stereocenters. The topological polar surface area (TPSA) is 135 Å². The third kappa shape index (κ3) is 2.58. The molecule has 0 spiro atoms. The average Bonchev–Trinajstić information content (AvgIpc) is 2.30. The van der Waals surface area contributed by atoms with E-state index in [2.05, 4.69) is 0 Å². The number of aromatic hydroxyl groups is 1. The van der Waals surface area contributed by atoms with Crippen molar-refractivity contribution < 1.29 is 35.1 Å². The number of hydrogen-bond acceptors (Lipinski definition) is 5. The molecule has 0 aliphatic heterocycles. The van der Waals surface area contributed by atoms with Gasteiger partial charge in [0, 0.05) is 6.42 Å². The van der Waals surface area contributed by atoms with E-state index in [0.717, 1.165) is 0 Å². The lowest BCUT2D eigenvalue weighted by molar-refractivity contribution is -0.183. The smallest absolute Gasteiger partial charge is 0.339 e. The number of carboxylic acids is 2. The van der Waals surface area contributed by atoms with Crippen molar-refractivity contribution in [3.63, 3.8) is 0 Å². The van der Waals surface area contributed by atoms with Crippen LogP contribution < -0.4 is 0 Å². The number of phenolic OH excluding ortho intramolecular Hbond substituents is 1. The van der Waals surface area contributed by atoms with Crippen LogP contribution in [0.15, 0.2) is 24.3 Å². The SMILES string of the molecule is O=C(O)C(O)C(O)(Cc1ccccc1O)C(=O)O. The van der Waals surface area contributed by atoms with E-state index in [4.69, 9.17) is 10.2 Å². The summed E-state index contributed by atoms with van der Waals surface area (Å²) in [5.74, 6) is -4.05. The maximum Gasteiger partial charge on any atom is 0.339 e. The molecule has 0 radical (unpaired) electrons. The Labute approximate surface area is 102 Å². The molecule has 0 heterocycles. The first-order valence-corrected chi connectivity index (χ1v) is 4.92. The van der Waals surface area contributed by atoms with Crippen molar-refractivity contribution in [3.05, 3.63) is 29.8 Å². The molecule has 7 heteroatoms. The van der Waals surface area contributed by atoms with Gasteiger partial charge in [-0.25, -0.2) is 9.59 Å². The van der Waals surface area contributed by atoms with Crippen LogP contribution in [0.4, 0.5) is 0 Å². The number of carboxylic acid groups (broad SMARTS) is 2. The summed E-state index contributed by atoms with van der Waals surface area (Å²) in [4.78, 5) is 21.5. The van der Waals surface area contributed by atoms with Gasteiger partial charge in [0.1, 0.15) is 5.75 Å². The van der Waals surface area contributed by atoms with Crippen LogP contribution in [-0.2, 0) is 16.0 Å². The van der Waals surface area contributed by atoms with Crippen LogP contribution in [0.2, 0.25) is 0 Å². The van der Waals surface area contributed by atoms with E-state index in [9.17, 15) is 24.9 Å². The van der Waals surface area contributed by atoms with E-state index < -0.39 is 30.1 Å². The predicted molar refractivity (Wildman–Crippen MR) is 58.0 cm³/mol. The van der Waals surface area contributed by atoms with Crippen LogP contribution in [0.25, 0.3) is 0 Å². The zero-order valence-electron chi connectivity index (χ0n) is 9.15. The molecule has 0 aliphatic carbocycles. The summed E-state index contributed by atoms with van der Waals surface area (Å²) in [6.45, 7) is 0. The highest BCUT2D eigenvalue weighted by Gasteiger charge is 2.48. The number of aliphatic hydroxyl groups excluding tert-OH is 1. The lowest BCUT2D eigenvalue weighted by Crippen LogP contribution is -2.54. The quantitative estimate of drug-likeness (QED) is 0.465. The van der Waals surface area contributed by atoms with E-state index in [1.54, 1.807) is 0 Å². The summed E-state index contributed by atoms with van der Waals surface area (Å²) in [6, 6.07) is 5.53. The number of phenols is 1. The molecule has 0 saturated heterocycles. The van der Waals surface area contributed by atoms with Crippen LogP contribution in [0.5, 0.6) is 5.75 Å². The largest absolute Gasteiger partial charge is 0.508 e. The van der Waals surface area contributed by atoms with Gasteiger partial charge in [0.2, 0.25) is 5.60 Å². The van der Waals surface area contributed by atoms with E-state index in [1.807, 2.05) is 0 Å². The predicted octanol–water partition coefficient (Wildman–Crippen LogP) is -0.804. The van der Waals surface area contributed by atoms with Crippen LogP contribution in [-0.4, -0.2) is 49.2 Å². The van der Waals surface area contributed by atoms with Gasteiger partial charge in [-0.05, 0) is 11.6 Å². The minimum Gasteiger partial charge on any atom is -0.508 e. The molecule has 2 unspecified atom stereocenters. The van der Waals surface area contributed by atoms with Gasteiger partial charge < -0.3 is 25.5 Å². The molecule has 1 aromatic rings. The van der Waals surface area contributed by atoms with Gasteiger partial charge in [-0.15, -0.1) is 0 Å². The second kappa shape index (κ2) is 5.03. The number of rotatable bonds is 5. The van der Waals surface area contributed by atoms with Crippen molar-refractivity contribution in [2.24, 2.45) is 0 Å². The molecule has 1 rings (SSSR count). The first-order chi connectivity index (χ1) is 8.29. The van der Waals surface area contributed by atoms with E-state index in [1.165, 1.54) is 24.3 Å². The second-order valence-corrected chi connectivity index (χ2v) is 3.78. The molecule has 0 bridgehead atoms. The minimum atomic E-state index is -2.91. The third-order valence-electron chi connectivity index (χ3n) is 2.51. The normalized spacial score (nSPS) is 15.7. The van der Waals surface area contributed by atoms with Gasteiger partial charge in [0.05, 0.1) is 0 Å². The van der Waals surface area contributed by atoms with Crippen LogP contribution in [0.1, 0.15) is 5.56 Å². The standard InChI is InChI=1S/C11H12O7/c12-7-4-2-1-3-6(7)5-11(18,10(16)17)8(13)9(14)15/h1-4,8,12-13,18H,5H2,(H,14,15)(H,16,17). The molecule has 0 amide bonds. The summed E-state index contributed by atoms with van der Waals surface area (Å²) < 4.78 is 0. The number of para-hydroxylation sites is 1. The first-order valence-electron chi connectivity index (χ1n) is 4.92. The number of aliphatic carboxylic acids is 2. The maximum atomic E-state index is 10.9. The fraction of sp³-hybridized carbons (Fsp3) is 0.273. The van der Waals surface area contributed by atoms with Crippen LogP contribution in [0, 0.1) is 0 Å². The van der Waals surface area contributed by atoms with Crippen molar-refractivity contribution in [1.29, 1.82) is 0 Å². The lowest BCUT2D eigenvalue weighted by Gasteiger charge is -2.26. The number of carbonyl (C=O) groups is 2. The van der Waals surface area contributed by atoms with E-state index in [-0.39, 0.29) is 11.3 Å². The molecular weight excluding hydrogens is 244 g/mol. The molecule has 18 heavy (non-hydrogen) atoms. The van der Waals surface area contributed by atoms with Crippen molar-refractivity contribution in [1.82, 2.24) is 0 Å². The molecule has 7 nitrogen and oxygen atoms in total. The second-order valence-electron chi connectivity index (χ2n) is 3.78. The van der Waals surface area contributed by atoms with Crippen LogP contribution >= 0.6 is 0 Å². The molecular formula is C11H12O7. The zero-order chi connectivity index (χ0) is 13.9. The highest BCUT2D eigenvalue weighted by molar-refractivity contribution is 5.87. The van der Waals surface area contributed by atoms with E-state index >= 15 is 0 Å². The highest BCUT2D eigenvalue weighted by Crippen LogP contribution is 2.24. The number of benzene rings is 1. The molecule has 98 valence electrons. The van der Waals surface area contributed by atoms with Gasteiger partial charge in [-0.2, -0.15) is 0 Å². The summed E-state index contributed by atoms with van der Waals surface area (Å²) in [7, 11) is 0. The van der Waals surface area contributed by atoms with Gasteiger partial charge >= 0.3 is 11.9 Å². The van der Waals surface area contributed by atoms with Gasteiger partial charge in [0.25, 0.3) is 0 Å². The monoisotopic (exact) mass is 256 g/mol. The molecule has 1 aromatic carbocycles. The van der Waals surface area contributed by atoms with Crippen molar-refractivity contribution in [2.75, 3.05) is 0 Å². The van der Waals surface area contributed by atoms with Crippen molar-refractivity contribution in [3.8, 4) is 5.75 Å². The maximum absolute atomic E-state index is 10.9.